The second-order valence-corrected chi connectivity index (χ2v) is 5.09. The van der Waals surface area contributed by atoms with Crippen LogP contribution in [0.5, 0.6) is 5.75 Å². The van der Waals surface area contributed by atoms with Crippen molar-refractivity contribution in [3.63, 3.8) is 0 Å². The second-order valence-electron chi connectivity index (χ2n) is 5.09. The van der Waals surface area contributed by atoms with Crippen LogP contribution in [0.3, 0.4) is 0 Å². The van der Waals surface area contributed by atoms with Gasteiger partial charge < -0.3 is 10.5 Å². The third-order valence-corrected chi connectivity index (χ3v) is 3.54. The van der Waals surface area contributed by atoms with Crippen LogP contribution >= 0.6 is 0 Å². The lowest BCUT2D eigenvalue weighted by Gasteiger charge is -2.13. The molecule has 2 N–H and O–H groups in total. The smallest absolute Gasteiger partial charge is 0.258 e. The fourth-order valence-electron chi connectivity index (χ4n) is 2.37. The number of carbonyl (C=O) groups is 1. The minimum atomic E-state index is -0.660. The Labute approximate surface area is 128 Å². The number of amides is 1. The Kier molecular flexibility index (Phi) is 3.74. The van der Waals surface area contributed by atoms with Gasteiger partial charge in [-0.1, -0.05) is 30.3 Å². The number of benzene rings is 2. The minimum absolute atomic E-state index is 0.485. The Balaban J connectivity index is 2.03. The third-order valence-electron chi connectivity index (χ3n) is 3.54. The summed E-state index contributed by atoms with van der Waals surface area (Å²) in [7, 11) is 0. The Bertz CT molecular complexity index is 825. The van der Waals surface area contributed by atoms with Gasteiger partial charge >= 0.3 is 0 Å². The highest BCUT2D eigenvalue weighted by Crippen LogP contribution is 2.30. The molecule has 22 heavy (non-hydrogen) atoms. The fraction of sp³-hybridized carbons (Fsp3) is 0.111. The summed E-state index contributed by atoms with van der Waals surface area (Å²) < 4.78 is 5.56. The molecule has 0 aliphatic heterocycles. The molecule has 4 nitrogen and oxygen atoms in total. The number of aromatic nitrogens is 1. The molecule has 0 radical (unpaired) electrons. The molecule has 110 valence electrons. The highest BCUT2D eigenvalue weighted by molar-refractivity contribution is 5.96. The first kappa shape index (κ1) is 14.1. The molecule has 1 aromatic heterocycles. The van der Waals surface area contributed by atoms with Gasteiger partial charge in [0, 0.05) is 17.8 Å². The largest absolute Gasteiger partial charge is 0.481 e. The van der Waals surface area contributed by atoms with E-state index in [-0.39, 0.29) is 0 Å². The van der Waals surface area contributed by atoms with Crippen LogP contribution in [0, 0.1) is 0 Å². The predicted octanol–water partition coefficient (Wildman–Crippen LogP) is 3.15. The second kappa shape index (κ2) is 5.85. The van der Waals surface area contributed by atoms with Crippen LogP contribution in [0.1, 0.15) is 6.92 Å². The summed E-state index contributed by atoms with van der Waals surface area (Å²) in [6.45, 7) is 1.64. The van der Waals surface area contributed by atoms with Crippen molar-refractivity contribution in [3.8, 4) is 16.9 Å². The van der Waals surface area contributed by atoms with Crippen molar-refractivity contribution in [1.29, 1.82) is 0 Å². The number of pyridine rings is 1. The number of ether oxygens (including phenoxy) is 1. The van der Waals surface area contributed by atoms with Gasteiger partial charge in [0.1, 0.15) is 5.75 Å². The van der Waals surface area contributed by atoms with Crippen molar-refractivity contribution in [2.45, 2.75) is 13.0 Å². The van der Waals surface area contributed by atoms with Gasteiger partial charge in [-0.05, 0) is 41.6 Å². The minimum Gasteiger partial charge on any atom is -0.481 e. The number of primary amides is 1. The molecule has 0 aliphatic rings. The molecule has 0 saturated heterocycles. The van der Waals surface area contributed by atoms with E-state index in [0.29, 0.717) is 5.75 Å². The summed E-state index contributed by atoms with van der Waals surface area (Å²) in [4.78, 5) is 15.3. The zero-order valence-electron chi connectivity index (χ0n) is 12.2. The van der Waals surface area contributed by atoms with Crippen molar-refractivity contribution in [2.24, 2.45) is 5.73 Å². The van der Waals surface area contributed by atoms with Crippen molar-refractivity contribution in [3.05, 3.63) is 60.9 Å². The summed E-state index contributed by atoms with van der Waals surface area (Å²) >= 11 is 0. The number of hydrogen-bond donors (Lipinski definition) is 1. The number of carbonyl (C=O) groups excluding carboxylic acids is 1. The first-order valence-electron chi connectivity index (χ1n) is 7.04. The number of rotatable bonds is 4. The summed E-state index contributed by atoms with van der Waals surface area (Å²) in [5.74, 6) is 0.136. The van der Waals surface area contributed by atoms with E-state index in [1.54, 1.807) is 13.1 Å². The van der Waals surface area contributed by atoms with E-state index in [4.69, 9.17) is 10.5 Å². The van der Waals surface area contributed by atoms with E-state index in [0.717, 1.165) is 21.9 Å². The SMILES string of the molecule is C[C@H](Oc1cccc(-c2cccc3cnccc23)c1)C(N)=O. The number of nitrogens with zero attached hydrogens (tertiary/aromatic N) is 1. The van der Waals surface area contributed by atoms with Gasteiger partial charge in [-0.3, -0.25) is 9.78 Å². The number of hydrogen-bond acceptors (Lipinski definition) is 3. The van der Waals surface area contributed by atoms with Gasteiger partial charge in [0.15, 0.2) is 6.10 Å². The summed E-state index contributed by atoms with van der Waals surface area (Å²) in [6.07, 6.45) is 2.96. The Morgan fingerprint density at radius 3 is 2.82 bits per heavy atom. The Hall–Kier alpha value is -2.88. The van der Waals surface area contributed by atoms with Crippen LogP contribution in [-0.2, 0) is 4.79 Å². The van der Waals surface area contributed by atoms with E-state index in [2.05, 4.69) is 11.1 Å². The molecule has 4 heteroatoms. The van der Waals surface area contributed by atoms with Gasteiger partial charge in [-0.25, -0.2) is 0 Å². The van der Waals surface area contributed by atoms with Crippen LogP contribution in [0.15, 0.2) is 60.9 Å². The molecule has 3 aromatic rings. The Morgan fingerprint density at radius 1 is 1.18 bits per heavy atom. The lowest BCUT2D eigenvalue weighted by Crippen LogP contribution is -2.30. The zero-order chi connectivity index (χ0) is 15.5. The number of nitrogens with two attached hydrogens (primary N) is 1. The average Bonchev–Trinajstić information content (AvgIpc) is 2.54. The monoisotopic (exact) mass is 292 g/mol. The summed E-state index contributed by atoms with van der Waals surface area (Å²) in [5.41, 5.74) is 7.35. The molecule has 3 rings (SSSR count). The van der Waals surface area contributed by atoms with E-state index >= 15 is 0 Å². The van der Waals surface area contributed by atoms with Gasteiger partial charge in [0.25, 0.3) is 5.91 Å². The third kappa shape index (κ3) is 2.76. The van der Waals surface area contributed by atoms with Gasteiger partial charge in [0.05, 0.1) is 0 Å². The zero-order valence-corrected chi connectivity index (χ0v) is 12.2. The molecular formula is C18H16N2O2. The van der Waals surface area contributed by atoms with Crippen molar-refractivity contribution in [1.82, 2.24) is 4.98 Å². The maximum atomic E-state index is 11.1. The summed E-state index contributed by atoms with van der Waals surface area (Å²) in [5, 5.41) is 2.20. The van der Waals surface area contributed by atoms with Gasteiger partial charge in [-0.15, -0.1) is 0 Å². The van der Waals surface area contributed by atoms with E-state index in [1.165, 1.54) is 0 Å². The molecule has 0 unspecified atom stereocenters. The van der Waals surface area contributed by atoms with Crippen molar-refractivity contribution in [2.75, 3.05) is 0 Å². The van der Waals surface area contributed by atoms with Crippen molar-refractivity contribution < 1.29 is 9.53 Å². The molecule has 0 saturated carbocycles. The van der Waals surface area contributed by atoms with Crippen LogP contribution in [0.2, 0.25) is 0 Å². The number of fused-ring (bicyclic) bond motifs is 1. The van der Waals surface area contributed by atoms with Gasteiger partial charge in [0.2, 0.25) is 0 Å². The fourth-order valence-corrected chi connectivity index (χ4v) is 2.37. The molecule has 0 bridgehead atoms. The highest BCUT2D eigenvalue weighted by atomic mass is 16.5. The topological polar surface area (TPSA) is 65.2 Å². The molecule has 1 atom stereocenters. The van der Waals surface area contributed by atoms with Crippen LogP contribution in [0.4, 0.5) is 0 Å². The van der Waals surface area contributed by atoms with Crippen LogP contribution in [-0.4, -0.2) is 17.0 Å². The van der Waals surface area contributed by atoms with E-state index in [1.807, 2.05) is 48.7 Å². The standard InChI is InChI=1S/C18H16N2O2/c1-12(18(19)21)22-15-6-2-4-13(10-15)16-7-3-5-14-11-20-9-8-17(14)16/h2-12H,1H3,(H2,19,21)/t12-/m0/s1. The molecular weight excluding hydrogens is 276 g/mol. The molecule has 0 spiro atoms. The van der Waals surface area contributed by atoms with Crippen LogP contribution in [0.25, 0.3) is 21.9 Å². The normalized spacial score (nSPS) is 12.0. The van der Waals surface area contributed by atoms with Crippen LogP contribution < -0.4 is 10.5 Å². The average molecular weight is 292 g/mol. The summed E-state index contributed by atoms with van der Waals surface area (Å²) in [6, 6.07) is 15.7. The van der Waals surface area contributed by atoms with Crippen molar-refractivity contribution >= 4 is 16.7 Å². The quantitative estimate of drug-likeness (QED) is 0.803. The molecule has 2 aromatic carbocycles. The maximum Gasteiger partial charge on any atom is 0.258 e. The van der Waals surface area contributed by atoms with Gasteiger partial charge in [-0.2, -0.15) is 0 Å². The lowest BCUT2D eigenvalue weighted by molar-refractivity contribution is -0.123. The maximum absolute atomic E-state index is 11.1. The Morgan fingerprint density at radius 2 is 2.00 bits per heavy atom. The first-order valence-corrected chi connectivity index (χ1v) is 7.04. The molecule has 1 heterocycles. The lowest BCUT2D eigenvalue weighted by atomic mass is 9.99. The predicted molar refractivity (Wildman–Crippen MR) is 86.5 cm³/mol. The first-order chi connectivity index (χ1) is 10.6. The molecule has 1 amide bonds. The molecule has 0 fully saturated rings. The van der Waals surface area contributed by atoms with E-state index in [9.17, 15) is 4.79 Å². The molecule has 0 aliphatic carbocycles. The van der Waals surface area contributed by atoms with E-state index < -0.39 is 12.0 Å². The highest BCUT2D eigenvalue weighted by Gasteiger charge is 2.11.